The molecule has 290 valence electrons. The lowest BCUT2D eigenvalue weighted by Crippen LogP contribution is -2.50. The third kappa shape index (κ3) is 9.79. The van der Waals surface area contributed by atoms with Gasteiger partial charge in [0.15, 0.2) is 0 Å². The first kappa shape index (κ1) is 40.7. The van der Waals surface area contributed by atoms with Gasteiger partial charge in [-0.2, -0.15) is 0 Å². The molecule has 50 heavy (non-hydrogen) atoms. The average molecular weight is 701 g/mol. The summed E-state index contributed by atoms with van der Waals surface area (Å²) in [7, 11) is 0. The van der Waals surface area contributed by atoms with Crippen LogP contribution >= 0.6 is 0 Å². The van der Waals surface area contributed by atoms with E-state index in [1.807, 2.05) is 5.57 Å². The van der Waals surface area contributed by atoms with Gasteiger partial charge in [-0.1, -0.05) is 79.4 Å². The van der Waals surface area contributed by atoms with Crippen LogP contribution in [-0.4, -0.2) is 63.1 Å². The molecule has 4 aliphatic carbocycles. The van der Waals surface area contributed by atoms with E-state index in [0.717, 1.165) is 61.4 Å². The predicted octanol–water partition coefficient (Wildman–Crippen LogP) is 10.8. The maximum absolute atomic E-state index is 10.6. The van der Waals surface area contributed by atoms with Crippen molar-refractivity contribution in [1.82, 2.24) is 0 Å². The Morgan fingerprint density at radius 2 is 1.48 bits per heavy atom. The standard InChI is InChI=1S/C45H80O5/c1-8-41-33(4)34(5)43(46)42(50-41)16-12-26-48-28-30-49-29-27-47-25-11-14-35-21-23-45(7)37(31-35)17-19-38-39-20-18-36(15-10-9-13-32(2)3)44(39,6)24-22-40(38)45/h17,32-36,38-43,46H,8-16,18-31H2,1-7H3. The topological polar surface area (TPSA) is 57.2 Å². The van der Waals surface area contributed by atoms with Crippen molar-refractivity contribution < 1.29 is 24.1 Å². The van der Waals surface area contributed by atoms with E-state index in [9.17, 15) is 5.11 Å². The summed E-state index contributed by atoms with van der Waals surface area (Å²) in [4.78, 5) is 0. The number of ether oxygens (including phenoxy) is 4. The molecule has 0 aromatic carbocycles. The molecule has 12 atom stereocenters. The van der Waals surface area contributed by atoms with Crippen LogP contribution < -0.4 is 0 Å². The van der Waals surface area contributed by atoms with Crippen LogP contribution in [0.2, 0.25) is 0 Å². The molecule has 1 heterocycles. The molecule has 3 saturated carbocycles. The Balaban J connectivity index is 0.901. The molecular formula is C45H80O5. The van der Waals surface area contributed by atoms with Crippen LogP contribution in [0.25, 0.3) is 0 Å². The SMILES string of the molecule is CCC1OC(CCCOCCOCCOCCCC2CCC3(C)C(=CCC4C3CCC3(C)C(CCCCC(C)C)CCC43)C2)C(O)C(C)C1C. The summed E-state index contributed by atoms with van der Waals surface area (Å²) >= 11 is 0. The van der Waals surface area contributed by atoms with Crippen LogP contribution in [0.3, 0.4) is 0 Å². The number of fused-ring (bicyclic) bond motifs is 5. The summed E-state index contributed by atoms with van der Waals surface area (Å²) in [5, 5.41) is 10.6. The molecule has 0 aromatic heterocycles. The van der Waals surface area contributed by atoms with Crippen molar-refractivity contribution >= 4 is 0 Å². The van der Waals surface area contributed by atoms with Crippen LogP contribution in [0.1, 0.15) is 158 Å². The number of hydrogen-bond donors (Lipinski definition) is 1. The normalized spacial score (nSPS) is 40.0. The molecule has 1 N–H and O–H groups in total. The lowest BCUT2D eigenvalue weighted by atomic mass is 9.47. The van der Waals surface area contributed by atoms with Crippen LogP contribution in [0.15, 0.2) is 11.6 Å². The fourth-order valence-corrected chi connectivity index (χ4v) is 12.0. The van der Waals surface area contributed by atoms with E-state index in [2.05, 4.69) is 54.5 Å². The molecule has 5 rings (SSSR count). The Labute approximate surface area is 308 Å². The summed E-state index contributed by atoms with van der Waals surface area (Å²) in [6.07, 6.45) is 25.1. The minimum atomic E-state index is -0.375. The monoisotopic (exact) mass is 701 g/mol. The smallest absolute Gasteiger partial charge is 0.0841 e. The fourth-order valence-electron chi connectivity index (χ4n) is 12.0. The first-order valence-electron chi connectivity index (χ1n) is 21.8. The summed E-state index contributed by atoms with van der Waals surface area (Å²) < 4.78 is 23.7. The van der Waals surface area contributed by atoms with Crippen molar-refractivity contribution in [2.45, 2.75) is 176 Å². The molecule has 0 amide bonds. The molecule has 5 aliphatic rings. The first-order chi connectivity index (χ1) is 24.1. The van der Waals surface area contributed by atoms with E-state index in [1.165, 1.54) is 89.9 Å². The van der Waals surface area contributed by atoms with Crippen molar-refractivity contribution in [2.75, 3.05) is 39.6 Å². The van der Waals surface area contributed by atoms with E-state index in [0.29, 0.717) is 49.8 Å². The molecule has 1 saturated heterocycles. The number of rotatable bonds is 20. The highest BCUT2D eigenvalue weighted by Gasteiger charge is 2.58. The molecule has 0 aromatic rings. The maximum atomic E-state index is 10.6. The number of allylic oxidation sites excluding steroid dienone is 2. The highest BCUT2D eigenvalue weighted by molar-refractivity contribution is 5.25. The van der Waals surface area contributed by atoms with E-state index in [1.54, 1.807) is 0 Å². The van der Waals surface area contributed by atoms with Gasteiger partial charge in [0, 0.05) is 13.2 Å². The minimum absolute atomic E-state index is 0.0683. The van der Waals surface area contributed by atoms with Crippen molar-refractivity contribution in [2.24, 2.45) is 58.2 Å². The molecule has 4 fully saturated rings. The zero-order valence-corrected chi connectivity index (χ0v) is 33.8. The van der Waals surface area contributed by atoms with Gasteiger partial charge in [0.05, 0.1) is 44.7 Å². The molecule has 5 nitrogen and oxygen atoms in total. The third-order valence-electron chi connectivity index (χ3n) is 15.5. The summed E-state index contributed by atoms with van der Waals surface area (Å²) in [5.74, 6) is 6.22. The highest BCUT2D eigenvalue weighted by Crippen LogP contribution is 2.67. The van der Waals surface area contributed by atoms with Crippen LogP contribution in [-0.2, 0) is 18.9 Å². The Bertz CT molecular complexity index is 1020. The number of hydrogen-bond acceptors (Lipinski definition) is 5. The van der Waals surface area contributed by atoms with Gasteiger partial charge in [-0.15, -0.1) is 0 Å². The van der Waals surface area contributed by atoms with Crippen molar-refractivity contribution in [1.29, 1.82) is 0 Å². The maximum Gasteiger partial charge on any atom is 0.0841 e. The summed E-state index contributed by atoms with van der Waals surface area (Å²) in [5.41, 5.74) is 2.92. The number of aliphatic hydroxyl groups is 1. The first-order valence-corrected chi connectivity index (χ1v) is 21.8. The number of unbranched alkanes of at least 4 members (excludes halogenated alkanes) is 1. The van der Waals surface area contributed by atoms with E-state index in [4.69, 9.17) is 18.9 Å². The molecule has 0 spiro atoms. The van der Waals surface area contributed by atoms with Crippen LogP contribution in [0.5, 0.6) is 0 Å². The molecule has 5 heteroatoms. The predicted molar refractivity (Wildman–Crippen MR) is 206 cm³/mol. The zero-order valence-electron chi connectivity index (χ0n) is 33.8. The molecule has 1 aliphatic heterocycles. The van der Waals surface area contributed by atoms with Gasteiger partial charge in [-0.25, -0.2) is 0 Å². The van der Waals surface area contributed by atoms with Crippen molar-refractivity contribution in [3.8, 4) is 0 Å². The van der Waals surface area contributed by atoms with Crippen LogP contribution in [0, 0.1) is 58.2 Å². The summed E-state index contributed by atoms with van der Waals surface area (Å²) in [6.45, 7) is 20.7. The van der Waals surface area contributed by atoms with Crippen molar-refractivity contribution in [3.05, 3.63) is 11.6 Å². The average Bonchev–Trinajstić information content (AvgIpc) is 3.44. The second-order valence-corrected chi connectivity index (χ2v) is 18.8. The van der Waals surface area contributed by atoms with Crippen LogP contribution in [0.4, 0.5) is 0 Å². The Morgan fingerprint density at radius 1 is 0.780 bits per heavy atom. The van der Waals surface area contributed by atoms with Gasteiger partial charge in [0.2, 0.25) is 0 Å². The van der Waals surface area contributed by atoms with Gasteiger partial charge in [0.25, 0.3) is 0 Å². The fraction of sp³-hybridized carbons (Fsp3) is 0.956. The molecular weight excluding hydrogens is 620 g/mol. The Hall–Kier alpha value is -0.460. The zero-order chi connectivity index (χ0) is 35.7. The van der Waals surface area contributed by atoms with Crippen molar-refractivity contribution in [3.63, 3.8) is 0 Å². The second-order valence-electron chi connectivity index (χ2n) is 18.8. The van der Waals surface area contributed by atoms with Gasteiger partial charge < -0.3 is 24.1 Å². The lowest BCUT2D eigenvalue weighted by molar-refractivity contribution is -0.171. The second kappa shape index (κ2) is 19.2. The third-order valence-corrected chi connectivity index (χ3v) is 15.5. The molecule has 12 unspecified atom stereocenters. The molecule has 0 bridgehead atoms. The van der Waals surface area contributed by atoms with Gasteiger partial charge >= 0.3 is 0 Å². The van der Waals surface area contributed by atoms with E-state index < -0.39 is 0 Å². The number of aliphatic hydroxyl groups excluding tert-OH is 1. The van der Waals surface area contributed by atoms with Gasteiger partial charge in [0.1, 0.15) is 0 Å². The molecule has 0 radical (unpaired) electrons. The highest BCUT2D eigenvalue weighted by atomic mass is 16.5. The quantitative estimate of drug-likeness (QED) is 0.101. The Morgan fingerprint density at radius 3 is 2.18 bits per heavy atom. The summed E-state index contributed by atoms with van der Waals surface area (Å²) in [6, 6.07) is 0. The van der Waals surface area contributed by atoms with E-state index in [-0.39, 0.29) is 24.2 Å². The lowest BCUT2D eigenvalue weighted by Gasteiger charge is -2.58. The minimum Gasteiger partial charge on any atom is -0.390 e. The Kier molecular flexibility index (Phi) is 15.7. The largest absolute Gasteiger partial charge is 0.390 e. The van der Waals surface area contributed by atoms with Gasteiger partial charge in [-0.3, -0.25) is 0 Å². The van der Waals surface area contributed by atoms with E-state index >= 15 is 0 Å². The van der Waals surface area contributed by atoms with Gasteiger partial charge in [-0.05, 0) is 148 Å².